The van der Waals surface area contributed by atoms with E-state index in [9.17, 15) is 0 Å². The van der Waals surface area contributed by atoms with Crippen molar-refractivity contribution in [1.29, 1.82) is 0 Å². The molecule has 0 amide bonds. The maximum absolute atomic E-state index is 4.57. The Kier molecular flexibility index (Phi) is 4.75. The van der Waals surface area contributed by atoms with Crippen LogP contribution in [0.3, 0.4) is 0 Å². The summed E-state index contributed by atoms with van der Waals surface area (Å²) >= 11 is 0. The second-order valence-corrected chi connectivity index (χ2v) is 6.15. The van der Waals surface area contributed by atoms with Gasteiger partial charge in [-0.05, 0) is 31.2 Å². The van der Waals surface area contributed by atoms with Gasteiger partial charge in [-0.3, -0.25) is 4.98 Å². The first-order valence-corrected chi connectivity index (χ1v) is 7.37. The largest absolute Gasteiger partial charge is 0.355 e. The molecule has 2 rings (SSSR count). The Labute approximate surface area is 116 Å². The monoisotopic (exact) mass is 262 g/mol. The molecule has 1 aliphatic heterocycles. The van der Waals surface area contributed by atoms with Gasteiger partial charge in [0, 0.05) is 19.6 Å². The molecule has 1 saturated heterocycles. The lowest BCUT2D eigenvalue weighted by Crippen LogP contribution is -2.26. The molecular formula is C15H26N4. The summed E-state index contributed by atoms with van der Waals surface area (Å²) in [6, 6.07) is 0. The fourth-order valence-corrected chi connectivity index (χ4v) is 2.51. The highest BCUT2D eigenvalue weighted by molar-refractivity contribution is 5.36. The molecule has 19 heavy (non-hydrogen) atoms. The van der Waals surface area contributed by atoms with Gasteiger partial charge in [-0.2, -0.15) is 0 Å². The molecule has 1 aromatic rings. The molecule has 0 saturated carbocycles. The number of hydrogen-bond donors (Lipinski definition) is 1. The SMILES string of the molecule is CCNCc1cnc(N2CCCC(C)(C)CC2)cn1. The van der Waals surface area contributed by atoms with Crippen molar-refractivity contribution in [1.82, 2.24) is 15.3 Å². The standard InChI is InChI=1S/C15H26N4/c1-4-16-10-13-11-18-14(12-17-13)19-8-5-6-15(2,3)7-9-19/h11-12,16H,4-10H2,1-3H3. The third kappa shape index (κ3) is 4.16. The second kappa shape index (κ2) is 6.33. The van der Waals surface area contributed by atoms with Crippen molar-refractivity contribution in [3.8, 4) is 0 Å². The minimum atomic E-state index is 0.465. The molecule has 1 fully saturated rings. The molecule has 1 aliphatic rings. The van der Waals surface area contributed by atoms with Gasteiger partial charge >= 0.3 is 0 Å². The molecule has 4 heteroatoms. The molecule has 0 aromatic carbocycles. The highest BCUT2D eigenvalue weighted by atomic mass is 15.2. The van der Waals surface area contributed by atoms with Gasteiger partial charge in [0.25, 0.3) is 0 Å². The summed E-state index contributed by atoms with van der Waals surface area (Å²) < 4.78 is 0. The topological polar surface area (TPSA) is 41.1 Å². The van der Waals surface area contributed by atoms with Crippen LogP contribution in [0.25, 0.3) is 0 Å². The zero-order valence-electron chi connectivity index (χ0n) is 12.4. The first-order chi connectivity index (χ1) is 9.11. The van der Waals surface area contributed by atoms with E-state index in [-0.39, 0.29) is 0 Å². The fraction of sp³-hybridized carbons (Fsp3) is 0.733. The summed E-state index contributed by atoms with van der Waals surface area (Å²) in [6.07, 6.45) is 7.59. The van der Waals surface area contributed by atoms with Crippen molar-refractivity contribution in [3.63, 3.8) is 0 Å². The van der Waals surface area contributed by atoms with Crippen molar-refractivity contribution in [2.45, 2.75) is 46.6 Å². The normalized spacial score (nSPS) is 19.2. The zero-order chi connectivity index (χ0) is 13.7. The van der Waals surface area contributed by atoms with Crippen molar-refractivity contribution in [2.24, 2.45) is 5.41 Å². The van der Waals surface area contributed by atoms with E-state index in [2.05, 4.69) is 41.0 Å². The summed E-state index contributed by atoms with van der Waals surface area (Å²) in [4.78, 5) is 11.4. The Bertz CT molecular complexity index is 386. The molecular weight excluding hydrogens is 236 g/mol. The predicted octanol–water partition coefficient (Wildman–Crippen LogP) is 2.60. The Morgan fingerprint density at radius 1 is 1.21 bits per heavy atom. The molecule has 2 heterocycles. The molecule has 1 aromatic heterocycles. The Balaban J connectivity index is 1.97. The number of aromatic nitrogens is 2. The lowest BCUT2D eigenvalue weighted by molar-refractivity contribution is 0.325. The van der Waals surface area contributed by atoms with Crippen LogP contribution in [-0.4, -0.2) is 29.6 Å². The van der Waals surface area contributed by atoms with Gasteiger partial charge in [0.2, 0.25) is 0 Å². The van der Waals surface area contributed by atoms with Gasteiger partial charge in [0.15, 0.2) is 0 Å². The van der Waals surface area contributed by atoms with E-state index in [1.54, 1.807) is 0 Å². The molecule has 0 atom stereocenters. The number of rotatable bonds is 4. The average Bonchev–Trinajstić information content (AvgIpc) is 2.58. The van der Waals surface area contributed by atoms with Gasteiger partial charge in [0.05, 0.1) is 18.1 Å². The van der Waals surface area contributed by atoms with Crippen LogP contribution >= 0.6 is 0 Å². The summed E-state index contributed by atoms with van der Waals surface area (Å²) in [5.74, 6) is 1.03. The average molecular weight is 262 g/mol. The second-order valence-electron chi connectivity index (χ2n) is 6.15. The third-order valence-corrected chi connectivity index (χ3v) is 3.91. The van der Waals surface area contributed by atoms with Gasteiger partial charge in [0.1, 0.15) is 5.82 Å². The summed E-state index contributed by atoms with van der Waals surface area (Å²) in [7, 11) is 0. The molecule has 0 radical (unpaired) electrons. The van der Waals surface area contributed by atoms with E-state index >= 15 is 0 Å². The van der Waals surface area contributed by atoms with Gasteiger partial charge in [-0.1, -0.05) is 20.8 Å². The molecule has 1 N–H and O–H groups in total. The highest BCUT2D eigenvalue weighted by Crippen LogP contribution is 2.30. The lowest BCUT2D eigenvalue weighted by atomic mass is 9.85. The van der Waals surface area contributed by atoms with Crippen LogP contribution in [0.4, 0.5) is 5.82 Å². The summed E-state index contributed by atoms with van der Waals surface area (Å²) in [6.45, 7) is 10.8. The molecule has 0 aliphatic carbocycles. The van der Waals surface area contributed by atoms with Crippen molar-refractivity contribution in [3.05, 3.63) is 18.1 Å². The van der Waals surface area contributed by atoms with Crippen LogP contribution in [0.15, 0.2) is 12.4 Å². The van der Waals surface area contributed by atoms with E-state index in [1.807, 2.05) is 12.4 Å². The van der Waals surface area contributed by atoms with Crippen LogP contribution in [0, 0.1) is 5.41 Å². The van der Waals surface area contributed by atoms with Crippen molar-refractivity contribution < 1.29 is 0 Å². The van der Waals surface area contributed by atoms with Crippen molar-refractivity contribution >= 4 is 5.82 Å². The first kappa shape index (κ1) is 14.3. The van der Waals surface area contributed by atoms with E-state index in [0.717, 1.165) is 37.7 Å². The van der Waals surface area contributed by atoms with Crippen LogP contribution in [-0.2, 0) is 6.54 Å². The van der Waals surface area contributed by atoms with E-state index in [0.29, 0.717) is 5.41 Å². The van der Waals surface area contributed by atoms with Gasteiger partial charge in [-0.25, -0.2) is 4.98 Å². The van der Waals surface area contributed by atoms with Crippen LogP contribution < -0.4 is 10.2 Å². The zero-order valence-corrected chi connectivity index (χ0v) is 12.4. The molecule has 4 nitrogen and oxygen atoms in total. The minimum absolute atomic E-state index is 0.465. The van der Waals surface area contributed by atoms with E-state index < -0.39 is 0 Å². The molecule has 106 valence electrons. The minimum Gasteiger partial charge on any atom is -0.355 e. The first-order valence-electron chi connectivity index (χ1n) is 7.37. The van der Waals surface area contributed by atoms with Gasteiger partial charge in [-0.15, -0.1) is 0 Å². The molecule has 0 unspecified atom stereocenters. The summed E-state index contributed by atoms with van der Waals surface area (Å²) in [5.41, 5.74) is 1.48. The number of nitrogens with one attached hydrogen (secondary N) is 1. The Hall–Kier alpha value is -1.16. The number of nitrogens with zero attached hydrogens (tertiary/aromatic N) is 3. The summed E-state index contributed by atoms with van der Waals surface area (Å²) in [5, 5.41) is 3.27. The quantitative estimate of drug-likeness (QED) is 0.905. The fourth-order valence-electron chi connectivity index (χ4n) is 2.51. The molecule has 0 spiro atoms. The van der Waals surface area contributed by atoms with Crippen LogP contribution in [0.5, 0.6) is 0 Å². The van der Waals surface area contributed by atoms with Crippen molar-refractivity contribution in [2.75, 3.05) is 24.5 Å². The van der Waals surface area contributed by atoms with Crippen LogP contribution in [0.2, 0.25) is 0 Å². The molecule has 0 bridgehead atoms. The maximum Gasteiger partial charge on any atom is 0.147 e. The lowest BCUT2D eigenvalue weighted by Gasteiger charge is -2.23. The number of hydrogen-bond acceptors (Lipinski definition) is 4. The smallest absolute Gasteiger partial charge is 0.147 e. The highest BCUT2D eigenvalue weighted by Gasteiger charge is 2.23. The van der Waals surface area contributed by atoms with E-state index in [4.69, 9.17) is 0 Å². The third-order valence-electron chi connectivity index (χ3n) is 3.91. The van der Waals surface area contributed by atoms with E-state index in [1.165, 1.54) is 19.3 Å². The Morgan fingerprint density at radius 3 is 2.74 bits per heavy atom. The maximum atomic E-state index is 4.57. The van der Waals surface area contributed by atoms with Gasteiger partial charge < -0.3 is 10.2 Å². The predicted molar refractivity (Wildman–Crippen MR) is 79.3 cm³/mol. The Morgan fingerprint density at radius 2 is 2.05 bits per heavy atom. The number of anilines is 1. The van der Waals surface area contributed by atoms with Crippen LogP contribution in [0.1, 0.15) is 45.7 Å².